The topological polar surface area (TPSA) is 111 Å². The van der Waals surface area contributed by atoms with Crippen LogP contribution in [-0.2, 0) is 14.3 Å². The second kappa shape index (κ2) is 10.0. The first-order valence-corrected chi connectivity index (χ1v) is 9.34. The number of anilines is 1. The van der Waals surface area contributed by atoms with Crippen LogP contribution in [0.3, 0.4) is 0 Å². The number of nitrogens with zero attached hydrogens (tertiary/aromatic N) is 2. The van der Waals surface area contributed by atoms with Gasteiger partial charge in [0.2, 0.25) is 0 Å². The van der Waals surface area contributed by atoms with Gasteiger partial charge in [-0.2, -0.15) is 0 Å². The number of ether oxygens (including phenoxy) is 2. The van der Waals surface area contributed by atoms with Crippen molar-refractivity contribution in [3.8, 4) is 0 Å². The maximum atomic E-state index is 12.5. The minimum Gasteiger partial charge on any atom is -0.452 e. The molecule has 0 bridgehead atoms. The summed E-state index contributed by atoms with van der Waals surface area (Å²) >= 11 is 0. The van der Waals surface area contributed by atoms with E-state index >= 15 is 0 Å². The predicted molar refractivity (Wildman–Crippen MR) is 103 cm³/mol. The van der Waals surface area contributed by atoms with E-state index in [1.54, 1.807) is 12.0 Å². The van der Waals surface area contributed by atoms with Crippen molar-refractivity contribution < 1.29 is 24.0 Å². The lowest BCUT2D eigenvalue weighted by Gasteiger charge is -2.38. The van der Waals surface area contributed by atoms with Gasteiger partial charge in [-0.05, 0) is 39.2 Å². The van der Waals surface area contributed by atoms with E-state index in [1.165, 1.54) is 12.1 Å². The fourth-order valence-electron chi connectivity index (χ4n) is 3.45. The number of non-ortho nitro benzene ring substituents is 1. The molecular formula is C19H27N3O6. The first-order valence-electron chi connectivity index (χ1n) is 9.34. The third-order valence-electron chi connectivity index (χ3n) is 4.86. The van der Waals surface area contributed by atoms with Crippen LogP contribution in [-0.4, -0.2) is 60.7 Å². The zero-order valence-corrected chi connectivity index (χ0v) is 16.5. The lowest BCUT2D eigenvalue weighted by Crippen LogP contribution is -2.49. The van der Waals surface area contributed by atoms with E-state index in [1.807, 2.05) is 13.8 Å². The summed E-state index contributed by atoms with van der Waals surface area (Å²) in [5.74, 6) is -1.04. The SMILES string of the molecule is COCCNc1ccc([N+](=O)[O-])cc1C(=O)OCC(=O)N1[C@H](C)CCC[C@@H]1C. The van der Waals surface area contributed by atoms with E-state index in [0.717, 1.165) is 25.3 Å². The summed E-state index contributed by atoms with van der Waals surface area (Å²) in [6, 6.07) is 4.08. The number of likely N-dealkylation sites (tertiary alicyclic amines) is 1. The highest BCUT2D eigenvalue weighted by atomic mass is 16.6. The largest absolute Gasteiger partial charge is 0.452 e. The summed E-state index contributed by atoms with van der Waals surface area (Å²) in [6.45, 7) is 4.38. The van der Waals surface area contributed by atoms with Crippen molar-refractivity contribution in [1.82, 2.24) is 4.90 Å². The van der Waals surface area contributed by atoms with Gasteiger partial charge in [0.1, 0.15) is 0 Å². The molecule has 9 nitrogen and oxygen atoms in total. The van der Waals surface area contributed by atoms with E-state index in [2.05, 4.69) is 5.32 Å². The molecule has 28 heavy (non-hydrogen) atoms. The first-order chi connectivity index (χ1) is 13.3. The van der Waals surface area contributed by atoms with Crippen molar-refractivity contribution in [3.05, 3.63) is 33.9 Å². The van der Waals surface area contributed by atoms with Crippen molar-refractivity contribution >= 4 is 23.3 Å². The number of carbonyl (C=O) groups excluding carboxylic acids is 2. The molecule has 0 radical (unpaired) electrons. The monoisotopic (exact) mass is 393 g/mol. The molecule has 1 heterocycles. The van der Waals surface area contributed by atoms with Crippen LogP contribution in [0.5, 0.6) is 0 Å². The number of nitro benzene ring substituents is 1. The number of piperidine rings is 1. The molecule has 1 aliphatic rings. The minimum absolute atomic E-state index is 0.0119. The van der Waals surface area contributed by atoms with Crippen molar-refractivity contribution in [2.45, 2.75) is 45.2 Å². The van der Waals surface area contributed by atoms with Gasteiger partial charge in [-0.15, -0.1) is 0 Å². The molecule has 1 aromatic rings. The molecule has 1 aromatic carbocycles. The van der Waals surface area contributed by atoms with Crippen molar-refractivity contribution in [2.75, 3.05) is 32.2 Å². The van der Waals surface area contributed by atoms with Gasteiger partial charge in [0.25, 0.3) is 11.6 Å². The summed E-state index contributed by atoms with van der Waals surface area (Å²) in [5, 5.41) is 14.0. The van der Waals surface area contributed by atoms with Crippen LogP contribution in [0, 0.1) is 10.1 Å². The van der Waals surface area contributed by atoms with Gasteiger partial charge < -0.3 is 19.7 Å². The number of hydrogen-bond donors (Lipinski definition) is 1. The molecule has 1 aliphatic heterocycles. The van der Waals surface area contributed by atoms with Gasteiger partial charge in [0, 0.05) is 43.6 Å². The average Bonchev–Trinajstić information content (AvgIpc) is 2.66. The molecule has 0 aliphatic carbocycles. The Morgan fingerprint density at radius 1 is 1.29 bits per heavy atom. The average molecular weight is 393 g/mol. The molecule has 1 saturated heterocycles. The number of methoxy groups -OCH3 is 1. The number of rotatable bonds is 8. The molecule has 2 rings (SSSR count). The Morgan fingerprint density at radius 2 is 1.96 bits per heavy atom. The molecular weight excluding hydrogens is 366 g/mol. The number of hydrogen-bond acceptors (Lipinski definition) is 7. The number of benzene rings is 1. The molecule has 0 unspecified atom stereocenters. The van der Waals surface area contributed by atoms with Crippen molar-refractivity contribution in [3.63, 3.8) is 0 Å². The zero-order valence-electron chi connectivity index (χ0n) is 16.5. The maximum Gasteiger partial charge on any atom is 0.341 e. The van der Waals surface area contributed by atoms with Crippen LogP contribution >= 0.6 is 0 Å². The summed E-state index contributed by atoms with van der Waals surface area (Å²) in [5.41, 5.74) is 0.173. The Balaban J connectivity index is 2.09. The van der Waals surface area contributed by atoms with E-state index in [9.17, 15) is 19.7 Å². The number of amides is 1. The van der Waals surface area contributed by atoms with Crippen LogP contribution in [0.15, 0.2) is 18.2 Å². The number of nitro groups is 1. The van der Waals surface area contributed by atoms with Crippen molar-refractivity contribution in [1.29, 1.82) is 0 Å². The van der Waals surface area contributed by atoms with Crippen LogP contribution in [0.25, 0.3) is 0 Å². The Labute approximate surface area is 164 Å². The Hall–Kier alpha value is -2.68. The first kappa shape index (κ1) is 21.6. The van der Waals surface area contributed by atoms with Crippen LogP contribution in [0.2, 0.25) is 0 Å². The standard InChI is InChI=1S/C19H27N3O6/c1-13-5-4-6-14(2)21(13)18(23)12-28-19(24)16-11-15(22(25)26)7-8-17(16)20-9-10-27-3/h7-8,11,13-14,20H,4-6,9-10,12H2,1-3H3/t13-,14+. The van der Waals surface area contributed by atoms with Gasteiger partial charge in [-0.1, -0.05) is 0 Å². The van der Waals surface area contributed by atoms with Gasteiger partial charge in [-0.3, -0.25) is 14.9 Å². The van der Waals surface area contributed by atoms with Crippen molar-refractivity contribution in [2.24, 2.45) is 0 Å². The fourth-order valence-corrected chi connectivity index (χ4v) is 3.45. The normalized spacial score (nSPS) is 19.2. The van der Waals surface area contributed by atoms with Crippen LogP contribution in [0.4, 0.5) is 11.4 Å². The fraction of sp³-hybridized carbons (Fsp3) is 0.579. The highest BCUT2D eigenvalue weighted by Gasteiger charge is 2.29. The molecule has 9 heteroatoms. The third kappa shape index (κ3) is 5.41. The quantitative estimate of drug-likeness (QED) is 0.313. The van der Waals surface area contributed by atoms with E-state index in [4.69, 9.17) is 9.47 Å². The molecule has 154 valence electrons. The molecule has 0 aromatic heterocycles. The predicted octanol–water partition coefficient (Wildman–Crippen LogP) is 2.60. The molecule has 2 atom stereocenters. The summed E-state index contributed by atoms with van der Waals surface area (Å²) in [6.07, 6.45) is 2.90. The molecule has 1 amide bonds. The number of esters is 1. The molecule has 0 spiro atoms. The van der Waals surface area contributed by atoms with Gasteiger partial charge in [0.15, 0.2) is 6.61 Å². The summed E-state index contributed by atoms with van der Waals surface area (Å²) in [7, 11) is 1.54. The highest BCUT2D eigenvalue weighted by molar-refractivity contribution is 5.97. The lowest BCUT2D eigenvalue weighted by molar-refractivity contribution is -0.384. The molecule has 1 fully saturated rings. The highest BCUT2D eigenvalue weighted by Crippen LogP contribution is 2.24. The maximum absolute atomic E-state index is 12.5. The smallest absolute Gasteiger partial charge is 0.341 e. The van der Waals surface area contributed by atoms with E-state index in [0.29, 0.717) is 18.8 Å². The van der Waals surface area contributed by atoms with Crippen LogP contribution < -0.4 is 5.32 Å². The lowest BCUT2D eigenvalue weighted by atomic mass is 9.97. The third-order valence-corrected chi connectivity index (χ3v) is 4.86. The molecule has 1 N–H and O–H groups in total. The summed E-state index contributed by atoms with van der Waals surface area (Å²) in [4.78, 5) is 37.3. The van der Waals surface area contributed by atoms with Gasteiger partial charge in [0.05, 0.1) is 17.1 Å². The molecule has 0 saturated carbocycles. The Bertz CT molecular complexity index is 714. The van der Waals surface area contributed by atoms with E-state index < -0.39 is 17.5 Å². The Kier molecular flexibility index (Phi) is 7.74. The van der Waals surface area contributed by atoms with Gasteiger partial charge >= 0.3 is 5.97 Å². The number of carbonyl (C=O) groups is 2. The second-order valence-corrected chi connectivity index (χ2v) is 6.91. The Morgan fingerprint density at radius 3 is 2.57 bits per heavy atom. The summed E-state index contributed by atoms with van der Waals surface area (Å²) < 4.78 is 10.2. The second-order valence-electron chi connectivity index (χ2n) is 6.91. The minimum atomic E-state index is -0.783. The van der Waals surface area contributed by atoms with E-state index in [-0.39, 0.29) is 29.2 Å². The number of nitrogens with one attached hydrogen (secondary N) is 1. The van der Waals surface area contributed by atoms with Crippen LogP contribution in [0.1, 0.15) is 43.5 Å². The van der Waals surface area contributed by atoms with Gasteiger partial charge in [-0.25, -0.2) is 4.79 Å². The zero-order chi connectivity index (χ0) is 20.7.